The van der Waals surface area contributed by atoms with Gasteiger partial charge in [-0.2, -0.15) is 0 Å². The lowest BCUT2D eigenvalue weighted by Gasteiger charge is -2.26. The summed E-state index contributed by atoms with van der Waals surface area (Å²) in [4.78, 5) is 31.5. The van der Waals surface area contributed by atoms with Crippen LogP contribution >= 0.6 is 23.5 Å². The fourth-order valence-corrected chi connectivity index (χ4v) is 8.42. The molecular formula is C40H34O2S2. The zero-order chi connectivity index (χ0) is 30.2. The monoisotopic (exact) mass is 610 g/mol. The Kier molecular flexibility index (Phi) is 8.05. The highest BCUT2D eigenvalue weighted by Gasteiger charge is 2.33. The molecule has 0 aromatic heterocycles. The molecule has 2 aliphatic rings. The van der Waals surface area contributed by atoms with Crippen LogP contribution < -0.4 is 0 Å². The Labute approximate surface area is 268 Å². The van der Waals surface area contributed by atoms with E-state index in [1.807, 2.05) is 24.3 Å². The van der Waals surface area contributed by atoms with Gasteiger partial charge in [0.15, 0.2) is 11.6 Å². The summed E-state index contributed by atoms with van der Waals surface area (Å²) in [6, 6.07) is 37.0. The van der Waals surface area contributed by atoms with Crippen LogP contribution in [0, 0.1) is 12.8 Å². The van der Waals surface area contributed by atoms with Crippen LogP contribution in [0.2, 0.25) is 0 Å². The molecule has 0 atom stereocenters. The Balaban J connectivity index is 1.11. The highest BCUT2D eigenvalue weighted by Crippen LogP contribution is 2.42. The molecule has 0 radical (unpaired) electrons. The van der Waals surface area contributed by atoms with Crippen LogP contribution in [-0.2, 0) is 0 Å². The van der Waals surface area contributed by atoms with Crippen molar-refractivity contribution in [2.75, 3.05) is 0 Å². The van der Waals surface area contributed by atoms with E-state index in [9.17, 15) is 9.59 Å². The summed E-state index contributed by atoms with van der Waals surface area (Å²) in [5.74, 6) is 1.37. The maximum Gasteiger partial charge on any atom is 0.195 e. The van der Waals surface area contributed by atoms with E-state index in [1.54, 1.807) is 12.1 Å². The molecule has 0 bridgehead atoms. The first-order chi connectivity index (χ1) is 21.4. The van der Waals surface area contributed by atoms with Crippen LogP contribution in [0.15, 0.2) is 129 Å². The van der Waals surface area contributed by atoms with Crippen molar-refractivity contribution in [3.05, 3.63) is 143 Å². The van der Waals surface area contributed by atoms with Crippen LogP contribution in [-0.4, -0.2) is 11.6 Å². The summed E-state index contributed by atoms with van der Waals surface area (Å²) in [6.07, 6.45) is 5.25. The lowest BCUT2D eigenvalue weighted by atomic mass is 9.79. The number of ketones is 2. The second kappa shape index (κ2) is 12.3. The van der Waals surface area contributed by atoms with Gasteiger partial charge in [-0.25, -0.2) is 0 Å². The van der Waals surface area contributed by atoms with Gasteiger partial charge in [0.2, 0.25) is 0 Å². The topological polar surface area (TPSA) is 34.1 Å². The van der Waals surface area contributed by atoms with Gasteiger partial charge in [0.05, 0.1) is 0 Å². The predicted molar refractivity (Wildman–Crippen MR) is 181 cm³/mol. The van der Waals surface area contributed by atoms with E-state index in [1.165, 1.54) is 71.5 Å². The first-order valence-corrected chi connectivity index (χ1v) is 17.1. The second-order valence-electron chi connectivity index (χ2n) is 12.1. The Morgan fingerprint density at radius 3 is 1.50 bits per heavy atom. The fraction of sp³-hybridized carbons (Fsp3) is 0.200. The quantitative estimate of drug-likeness (QED) is 0.188. The minimum Gasteiger partial charge on any atom is -0.289 e. The van der Waals surface area contributed by atoms with E-state index in [0.29, 0.717) is 28.2 Å². The Morgan fingerprint density at radius 2 is 1.00 bits per heavy atom. The molecule has 218 valence electrons. The predicted octanol–water partition coefficient (Wildman–Crippen LogP) is 11.0. The third-order valence-electron chi connectivity index (χ3n) is 9.06. The van der Waals surface area contributed by atoms with Crippen molar-refractivity contribution < 1.29 is 9.59 Å². The summed E-state index contributed by atoms with van der Waals surface area (Å²) in [5.41, 5.74) is 7.00. The number of benzene rings is 5. The van der Waals surface area contributed by atoms with Gasteiger partial charge in [0.25, 0.3) is 0 Å². The molecule has 0 spiro atoms. The molecule has 0 N–H and O–H groups in total. The van der Waals surface area contributed by atoms with Crippen molar-refractivity contribution in [3.8, 4) is 11.1 Å². The molecule has 2 nitrogen and oxygen atoms in total. The summed E-state index contributed by atoms with van der Waals surface area (Å²) in [7, 11) is 0. The minimum atomic E-state index is -0.0896. The second-order valence-corrected chi connectivity index (χ2v) is 14.4. The van der Waals surface area contributed by atoms with Gasteiger partial charge < -0.3 is 0 Å². The van der Waals surface area contributed by atoms with E-state index in [-0.39, 0.29) is 11.6 Å². The lowest BCUT2D eigenvalue weighted by Crippen LogP contribution is -2.22. The number of hydrogen-bond acceptors (Lipinski definition) is 4. The van der Waals surface area contributed by atoms with Crippen molar-refractivity contribution >= 4 is 35.1 Å². The third kappa shape index (κ3) is 5.69. The molecular weight excluding hydrogens is 577 g/mol. The average molecular weight is 611 g/mol. The van der Waals surface area contributed by atoms with Crippen molar-refractivity contribution in [1.82, 2.24) is 0 Å². The van der Waals surface area contributed by atoms with E-state index >= 15 is 0 Å². The summed E-state index contributed by atoms with van der Waals surface area (Å²) >= 11 is 3.07. The van der Waals surface area contributed by atoms with Gasteiger partial charge in [-0.15, -0.1) is 0 Å². The number of carbonyl (C=O) groups excluding carboxylic acids is 2. The number of hydrogen-bond donors (Lipinski definition) is 0. The average Bonchev–Trinajstić information content (AvgIpc) is 3.05. The minimum absolute atomic E-state index is 0.0891. The van der Waals surface area contributed by atoms with Gasteiger partial charge >= 0.3 is 0 Å². The molecule has 2 aliphatic carbocycles. The molecule has 4 heteroatoms. The first kappa shape index (κ1) is 28.9. The standard InChI is InChI=1S/C40H34O2S2/c1-25-9-13-27(14-10-25)28-15-17-29(18-16-28)30-19-23-32(24-20-30)44-36-8-4-6-34-38(36)40(42)33-5-3-7-35(37(33)39(34)41)43-31-21-11-26(2)12-22-31/h3-8,11-12,15-25,27H,9-10,13-14H2,1-2H3. The molecule has 5 aromatic rings. The maximum atomic E-state index is 13.9. The molecule has 7 rings (SSSR count). The SMILES string of the molecule is Cc1ccc(Sc2cccc3c2C(=O)c2cccc(Sc4ccc(-c5ccc(C6CCC(C)CC6)cc5)cc4)c2C3=O)cc1. The molecule has 1 saturated carbocycles. The van der Waals surface area contributed by atoms with E-state index in [2.05, 4.69) is 86.6 Å². The molecule has 0 unspecified atom stereocenters. The van der Waals surface area contributed by atoms with E-state index < -0.39 is 0 Å². The molecule has 1 fully saturated rings. The lowest BCUT2D eigenvalue weighted by molar-refractivity contribution is 0.0974. The molecule has 0 aliphatic heterocycles. The Hall–Kier alpha value is -3.86. The van der Waals surface area contributed by atoms with Crippen molar-refractivity contribution in [3.63, 3.8) is 0 Å². The van der Waals surface area contributed by atoms with Gasteiger partial charge in [-0.05, 0) is 84.7 Å². The van der Waals surface area contributed by atoms with Crippen LogP contribution in [0.25, 0.3) is 11.1 Å². The maximum absolute atomic E-state index is 13.9. The highest BCUT2D eigenvalue weighted by atomic mass is 32.2. The highest BCUT2D eigenvalue weighted by molar-refractivity contribution is 7.99. The largest absolute Gasteiger partial charge is 0.289 e. The van der Waals surface area contributed by atoms with E-state index in [4.69, 9.17) is 0 Å². The van der Waals surface area contributed by atoms with Crippen LogP contribution in [0.3, 0.4) is 0 Å². The summed E-state index contributed by atoms with van der Waals surface area (Å²) in [5, 5.41) is 0. The summed E-state index contributed by atoms with van der Waals surface area (Å²) < 4.78 is 0. The molecule has 0 saturated heterocycles. The van der Waals surface area contributed by atoms with Crippen molar-refractivity contribution in [1.29, 1.82) is 0 Å². The fourth-order valence-electron chi connectivity index (χ4n) is 6.47. The first-order valence-electron chi connectivity index (χ1n) is 15.4. The summed E-state index contributed by atoms with van der Waals surface area (Å²) in [6.45, 7) is 4.42. The van der Waals surface area contributed by atoms with Gasteiger partial charge in [-0.3, -0.25) is 9.59 Å². The molecule has 0 amide bonds. The molecule has 0 heterocycles. The smallest absolute Gasteiger partial charge is 0.195 e. The number of carbonyl (C=O) groups is 2. The van der Waals surface area contributed by atoms with Crippen molar-refractivity contribution in [2.24, 2.45) is 5.92 Å². The molecule has 5 aromatic carbocycles. The van der Waals surface area contributed by atoms with Crippen LogP contribution in [0.4, 0.5) is 0 Å². The number of fused-ring (bicyclic) bond motifs is 2. The molecule has 44 heavy (non-hydrogen) atoms. The van der Waals surface area contributed by atoms with Crippen molar-refractivity contribution in [2.45, 2.75) is 65.0 Å². The third-order valence-corrected chi connectivity index (χ3v) is 11.2. The number of aryl methyl sites for hydroxylation is 1. The van der Waals surface area contributed by atoms with E-state index in [0.717, 1.165) is 25.5 Å². The number of rotatable bonds is 6. The Bertz CT molecular complexity index is 1850. The van der Waals surface area contributed by atoms with Gasteiger partial charge in [-0.1, -0.05) is 122 Å². The Morgan fingerprint density at radius 1 is 0.545 bits per heavy atom. The normalized spacial score (nSPS) is 17.7. The zero-order valence-electron chi connectivity index (χ0n) is 25.0. The zero-order valence-corrected chi connectivity index (χ0v) is 26.6. The van der Waals surface area contributed by atoms with Crippen LogP contribution in [0.5, 0.6) is 0 Å². The van der Waals surface area contributed by atoms with Crippen LogP contribution in [0.1, 0.15) is 81.5 Å². The van der Waals surface area contributed by atoms with Gasteiger partial charge in [0, 0.05) is 41.8 Å². The van der Waals surface area contributed by atoms with Gasteiger partial charge in [0.1, 0.15) is 0 Å².